The molecule has 0 bridgehead atoms. The van der Waals surface area contributed by atoms with Crippen LogP contribution in [-0.4, -0.2) is 35.4 Å². The Morgan fingerprint density at radius 3 is 2.80 bits per heavy atom. The van der Waals surface area contributed by atoms with Gasteiger partial charge in [0.15, 0.2) is 0 Å². The van der Waals surface area contributed by atoms with Gasteiger partial charge in [0.05, 0.1) is 13.2 Å². The standard InChI is InChI=1S/C16H25NO2S/c1-5-17-16-14-9-13(19-4)7-6-12(14)8-15(16)20-11(3)10(2)18/h6-7,9-11,15-18H,5,8H2,1-4H3. The summed E-state index contributed by atoms with van der Waals surface area (Å²) in [5, 5.41) is 14.0. The number of nitrogens with one attached hydrogen (secondary N) is 1. The van der Waals surface area contributed by atoms with Gasteiger partial charge in [-0.1, -0.05) is 19.9 Å². The van der Waals surface area contributed by atoms with Gasteiger partial charge in [-0.3, -0.25) is 0 Å². The van der Waals surface area contributed by atoms with Crippen molar-refractivity contribution in [1.29, 1.82) is 0 Å². The topological polar surface area (TPSA) is 41.5 Å². The van der Waals surface area contributed by atoms with E-state index in [1.54, 1.807) is 7.11 Å². The van der Waals surface area contributed by atoms with Crippen molar-refractivity contribution in [3.05, 3.63) is 29.3 Å². The molecule has 0 radical (unpaired) electrons. The Bertz CT molecular complexity index is 450. The molecule has 3 nitrogen and oxygen atoms in total. The van der Waals surface area contributed by atoms with Gasteiger partial charge >= 0.3 is 0 Å². The quantitative estimate of drug-likeness (QED) is 0.847. The average Bonchev–Trinajstić information content (AvgIpc) is 2.76. The minimum Gasteiger partial charge on any atom is -0.497 e. The number of fused-ring (bicyclic) bond motifs is 1. The van der Waals surface area contributed by atoms with Crippen LogP contribution in [0.1, 0.15) is 37.9 Å². The Labute approximate surface area is 126 Å². The summed E-state index contributed by atoms with van der Waals surface area (Å²) in [5.74, 6) is 0.917. The van der Waals surface area contributed by atoms with E-state index >= 15 is 0 Å². The lowest BCUT2D eigenvalue weighted by molar-refractivity contribution is 0.196. The third-order valence-corrected chi connectivity index (χ3v) is 5.59. The second kappa shape index (κ2) is 6.83. The molecule has 0 amide bonds. The van der Waals surface area contributed by atoms with Crippen molar-refractivity contribution < 1.29 is 9.84 Å². The predicted octanol–water partition coefficient (Wildman–Crippen LogP) is 2.77. The third kappa shape index (κ3) is 3.30. The fourth-order valence-electron chi connectivity index (χ4n) is 2.69. The summed E-state index contributed by atoms with van der Waals surface area (Å²) < 4.78 is 5.35. The number of methoxy groups -OCH3 is 1. The smallest absolute Gasteiger partial charge is 0.119 e. The number of benzene rings is 1. The summed E-state index contributed by atoms with van der Waals surface area (Å²) in [7, 11) is 1.71. The third-order valence-electron chi connectivity index (χ3n) is 3.97. The Balaban J connectivity index is 2.20. The minimum absolute atomic E-state index is 0.248. The number of hydrogen-bond acceptors (Lipinski definition) is 4. The predicted molar refractivity (Wildman–Crippen MR) is 85.6 cm³/mol. The van der Waals surface area contributed by atoms with E-state index in [9.17, 15) is 5.11 Å². The molecule has 112 valence electrons. The summed E-state index contributed by atoms with van der Waals surface area (Å²) in [6, 6.07) is 6.70. The van der Waals surface area contributed by atoms with E-state index in [1.807, 2.05) is 24.8 Å². The molecule has 1 aliphatic rings. The van der Waals surface area contributed by atoms with E-state index in [0.717, 1.165) is 18.7 Å². The van der Waals surface area contributed by atoms with Crippen LogP contribution in [0.3, 0.4) is 0 Å². The van der Waals surface area contributed by atoms with Gasteiger partial charge in [-0.15, -0.1) is 0 Å². The van der Waals surface area contributed by atoms with Gasteiger partial charge in [0.1, 0.15) is 5.75 Å². The molecule has 0 fully saturated rings. The highest BCUT2D eigenvalue weighted by Gasteiger charge is 2.34. The SMILES string of the molecule is CCNC1c2cc(OC)ccc2CC1SC(C)C(C)O. The van der Waals surface area contributed by atoms with E-state index in [4.69, 9.17) is 4.74 Å². The molecule has 4 heteroatoms. The Hall–Kier alpha value is -0.710. The largest absolute Gasteiger partial charge is 0.497 e. The maximum absolute atomic E-state index is 9.74. The highest BCUT2D eigenvalue weighted by Crippen LogP contribution is 2.41. The van der Waals surface area contributed by atoms with Gasteiger partial charge in [-0.05, 0) is 43.1 Å². The lowest BCUT2D eigenvalue weighted by Crippen LogP contribution is -2.29. The second-order valence-corrected chi connectivity index (χ2v) is 7.05. The number of aliphatic hydroxyl groups excluding tert-OH is 1. The fraction of sp³-hybridized carbons (Fsp3) is 0.625. The first-order valence-electron chi connectivity index (χ1n) is 7.30. The number of hydrogen-bond donors (Lipinski definition) is 2. The molecule has 1 aromatic carbocycles. The van der Waals surface area contributed by atoms with Crippen LogP contribution < -0.4 is 10.1 Å². The normalized spacial score (nSPS) is 24.2. The summed E-state index contributed by atoms with van der Waals surface area (Å²) in [4.78, 5) is 0. The highest BCUT2D eigenvalue weighted by atomic mass is 32.2. The van der Waals surface area contributed by atoms with Crippen LogP contribution >= 0.6 is 11.8 Å². The molecule has 2 N–H and O–H groups in total. The van der Waals surface area contributed by atoms with Crippen molar-refractivity contribution in [2.75, 3.05) is 13.7 Å². The highest BCUT2D eigenvalue weighted by molar-refractivity contribution is 8.00. The van der Waals surface area contributed by atoms with Crippen molar-refractivity contribution in [2.24, 2.45) is 0 Å². The van der Waals surface area contributed by atoms with Crippen molar-refractivity contribution in [1.82, 2.24) is 5.32 Å². The zero-order valence-electron chi connectivity index (χ0n) is 12.7. The molecule has 4 unspecified atom stereocenters. The number of thioether (sulfide) groups is 1. The van der Waals surface area contributed by atoms with Gasteiger partial charge in [0.25, 0.3) is 0 Å². The Morgan fingerprint density at radius 2 is 2.20 bits per heavy atom. The van der Waals surface area contributed by atoms with Crippen LogP contribution in [0.5, 0.6) is 5.75 Å². The second-order valence-electron chi connectivity index (χ2n) is 5.42. The Morgan fingerprint density at radius 1 is 1.45 bits per heavy atom. The molecule has 20 heavy (non-hydrogen) atoms. The molecule has 0 spiro atoms. The first kappa shape index (κ1) is 15.7. The van der Waals surface area contributed by atoms with Gasteiger partial charge < -0.3 is 15.2 Å². The average molecular weight is 295 g/mol. The number of rotatable bonds is 6. The van der Waals surface area contributed by atoms with E-state index in [0.29, 0.717) is 11.3 Å². The fourth-order valence-corrected chi connectivity index (χ4v) is 4.14. The lowest BCUT2D eigenvalue weighted by atomic mass is 10.1. The molecule has 4 atom stereocenters. The van der Waals surface area contributed by atoms with Gasteiger partial charge in [0, 0.05) is 16.5 Å². The van der Waals surface area contributed by atoms with Gasteiger partial charge in [-0.25, -0.2) is 0 Å². The van der Waals surface area contributed by atoms with Crippen molar-refractivity contribution in [2.45, 2.75) is 49.8 Å². The van der Waals surface area contributed by atoms with E-state index in [2.05, 4.69) is 31.3 Å². The lowest BCUT2D eigenvalue weighted by Gasteiger charge is -2.25. The monoisotopic (exact) mass is 295 g/mol. The van der Waals surface area contributed by atoms with E-state index < -0.39 is 0 Å². The molecule has 0 heterocycles. The molecule has 1 aliphatic carbocycles. The molecule has 0 saturated carbocycles. The maximum atomic E-state index is 9.74. The van der Waals surface area contributed by atoms with Crippen LogP contribution in [0.2, 0.25) is 0 Å². The Kier molecular flexibility index (Phi) is 5.35. The maximum Gasteiger partial charge on any atom is 0.119 e. The molecular formula is C16H25NO2S. The van der Waals surface area contributed by atoms with Crippen LogP contribution in [0, 0.1) is 0 Å². The number of aliphatic hydroxyl groups is 1. The first-order chi connectivity index (χ1) is 9.56. The van der Waals surface area contributed by atoms with Gasteiger partial charge in [-0.2, -0.15) is 11.8 Å². The summed E-state index contributed by atoms with van der Waals surface area (Å²) in [6.07, 6.45) is 0.777. The van der Waals surface area contributed by atoms with Crippen LogP contribution in [0.15, 0.2) is 18.2 Å². The molecule has 0 saturated heterocycles. The zero-order chi connectivity index (χ0) is 14.7. The number of ether oxygens (including phenoxy) is 1. The summed E-state index contributed by atoms with van der Waals surface area (Å²) in [5.41, 5.74) is 2.74. The van der Waals surface area contributed by atoms with Crippen molar-refractivity contribution in [3.8, 4) is 5.75 Å². The van der Waals surface area contributed by atoms with E-state index in [1.165, 1.54) is 11.1 Å². The molecule has 2 rings (SSSR count). The first-order valence-corrected chi connectivity index (χ1v) is 8.24. The summed E-state index contributed by atoms with van der Waals surface area (Å²) >= 11 is 1.88. The van der Waals surface area contributed by atoms with Gasteiger partial charge in [0.2, 0.25) is 0 Å². The van der Waals surface area contributed by atoms with Crippen LogP contribution in [0.25, 0.3) is 0 Å². The molecule has 0 aliphatic heterocycles. The van der Waals surface area contributed by atoms with Crippen LogP contribution in [0.4, 0.5) is 0 Å². The summed E-state index contributed by atoms with van der Waals surface area (Å²) in [6.45, 7) is 7.05. The van der Waals surface area contributed by atoms with Crippen molar-refractivity contribution in [3.63, 3.8) is 0 Å². The van der Waals surface area contributed by atoms with Crippen LogP contribution in [-0.2, 0) is 6.42 Å². The van der Waals surface area contributed by atoms with E-state index in [-0.39, 0.29) is 11.4 Å². The molecule has 0 aromatic heterocycles. The molecular weight excluding hydrogens is 270 g/mol. The minimum atomic E-state index is -0.277. The zero-order valence-corrected chi connectivity index (χ0v) is 13.5. The van der Waals surface area contributed by atoms with Crippen molar-refractivity contribution >= 4 is 11.8 Å². The molecule has 1 aromatic rings.